The smallest absolute Gasteiger partial charge is 0.320 e. The fraction of sp³-hybridized carbons (Fsp3) is 0.200. The Labute approximate surface area is 132 Å². The zero-order chi connectivity index (χ0) is 16.1. The Hall–Kier alpha value is -3.00. The van der Waals surface area contributed by atoms with Gasteiger partial charge in [0.25, 0.3) is 0 Å². The maximum absolute atomic E-state index is 11.7. The first-order valence-electron chi connectivity index (χ1n) is 7.04. The van der Waals surface area contributed by atoms with Crippen molar-refractivity contribution in [2.75, 3.05) is 25.6 Å². The van der Waals surface area contributed by atoms with E-state index in [1.54, 1.807) is 25.7 Å². The number of hydrogen-bond acceptors (Lipinski definition) is 5. The highest BCUT2D eigenvalue weighted by Gasteiger charge is 2.07. The normalized spacial score (nSPS) is 10.7. The predicted octanol–water partition coefficient (Wildman–Crippen LogP) is 1.56. The van der Waals surface area contributed by atoms with Gasteiger partial charge in [-0.05, 0) is 17.7 Å². The van der Waals surface area contributed by atoms with Crippen LogP contribution in [0.4, 0.5) is 10.6 Å². The number of nitrogens with zero attached hydrogens (tertiary/aromatic N) is 4. The first-order chi connectivity index (χ1) is 11.3. The van der Waals surface area contributed by atoms with Crippen LogP contribution in [0.5, 0.6) is 0 Å². The Morgan fingerprint density at radius 3 is 2.91 bits per heavy atom. The van der Waals surface area contributed by atoms with Gasteiger partial charge in [-0.1, -0.05) is 0 Å². The van der Waals surface area contributed by atoms with Crippen LogP contribution in [0.3, 0.4) is 0 Å². The number of fused-ring (bicyclic) bond motifs is 1. The summed E-state index contributed by atoms with van der Waals surface area (Å²) in [7, 11) is 1.58. The van der Waals surface area contributed by atoms with Crippen LogP contribution in [0.25, 0.3) is 16.8 Å². The molecule has 0 fully saturated rings. The fourth-order valence-electron chi connectivity index (χ4n) is 2.10. The molecule has 3 rings (SSSR count). The number of carbonyl (C=O) groups is 1. The van der Waals surface area contributed by atoms with Crippen molar-refractivity contribution in [3.63, 3.8) is 0 Å². The third-order valence-corrected chi connectivity index (χ3v) is 3.19. The molecular formula is C15H16N6O2. The largest absolute Gasteiger partial charge is 0.383 e. The van der Waals surface area contributed by atoms with Gasteiger partial charge in [0, 0.05) is 37.8 Å². The number of imidazole rings is 1. The number of nitrogens with one attached hydrogen (secondary N) is 2. The van der Waals surface area contributed by atoms with E-state index < -0.39 is 0 Å². The van der Waals surface area contributed by atoms with Gasteiger partial charge in [-0.25, -0.2) is 19.7 Å². The summed E-state index contributed by atoms with van der Waals surface area (Å²) >= 11 is 0. The van der Waals surface area contributed by atoms with E-state index in [1.807, 2.05) is 22.7 Å². The second-order valence-electron chi connectivity index (χ2n) is 4.81. The van der Waals surface area contributed by atoms with Gasteiger partial charge in [0.05, 0.1) is 12.8 Å². The Bertz CT molecular complexity index is 802. The summed E-state index contributed by atoms with van der Waals surface area (Å²) in [6, 6.07) is 3.53. The Morgan fingerprint density at radius 2 is 2.13 bits per heavy atom. The summed E-state index contributed by atoms with van der Waals surface area (Å²) in [5, 5.41) is 5.36. The standard InChI is InChI=1S/C15H16N6O2/c1-23-5-3-18-15(22)20-13-9-21-4-2-11(6-14(21)19-13)12-7-16-10-17-8-12/h2,4,6-10H,3,5H2,1H3,(H2,18,20,22). The summed E-state index contributed by atoms with van der Waals surface area (Å²) in [5.41, 5.74) is 2.59. The third kappa shape index (κ3) is 3.61. The van der Waals surface area contributed by atoms with E-state index in [-0.39, 0.29) is 6.03 Å². The van der Waals surface area contributed by atoms with Gasteiger partial charge in [-0.15, -0.1) is 0 Å². The van der Waals surface area contributed by atoms with Crippen molar-refractivity contribution in [1.29, 1.82) is 0 Å². The molecule has 0 spiro atoms. The molecule has 0 aromatic carbocycles. The number of hydrogen-bond donors (Lipinski definition) is 2. The average molecular weight is 312 g/mol. The summed E-state index contributed by atoms with van der Waals surface area (Å²) in [5.74, 6) is 0.473. The topological polar surface area (TPSA) is 93.4 Å². The van der Waals surface area contributed by atoms with Crippen molar-refractivity contribution in [3.8, 4) is 11.1 Å². The van der Waals surface area contributed by atoms with Crippen LogP contribution >= 0.6 is 0 Å². The molecule has 2 amide bonds. The van der Waals surface area contributed by atoms with Crippen molar-refractivity contribution in [1.82, 2.24) is 24.7 Å². The maximum Gasteiger partial charge on any atom is 0.320 e. The molecule has 3 heterocycles. The van der Waals surface area contributed by atoms with Gasteiger partial charge in [0.1, 0.15) is 12.0 Å². The lowest BCUT2D eigenvalue weighted by Crippen LogP contribution is -2.31. The molecule has 0 saturated heterocycles. The Kier molecular flexibility index (Phi) is 4.44. The summed E-state index contributed by atoms with van der Waals surface area (Å²) in [6.45, 7) is 0.898. The molecule has 0 saturated carbocycles. The highest BCUT2D eigenvalue weighted by atomic mass is 16.5. The highest BCUT2D eigenvalue weighted by Crippen LogP contribution is 2.20. The second kappa shape index (κ2) is 6.84. The van der Waals surface area contributed by atoms with Gasteiger partial charge in [0.2, 0.25) is 0 Å². The second-order valence-corrected chi connectivity index (χ2v) is 4.81. The van der Waals surface area contributed by atoms with E-state index in [2.05, 4.69) is 25.6 Å². The lowest BCUT2D eigenvalue weighted by atomic mass is 10.1. The van der Waals surface area contributed by atoms with E-state index in [4.69, 9.17) is 4.74 Å². The monoisotopic (exact) mass is 312 g/mol. The van der Waals surface area contributed by atoms with Gasteiger partial charge in [-0.3, -0.25) is 5.32 Å². The van der Waals surface area contributed by atoms with Crippen molar-refractivity contribution < 1.29 is 9.53 Å². The fourth-order valence-corrected chi connectivity index (χ4v) is 2.10. The molecule has 8 heteroatoms. The molecule has 0 unspecified atom stereocenters. The summed E-state index contributed by atoms with van der Waals surface area (Å²) < 4.78 is 6.70. The Balaban J connectivity index is 1.76. The van der Waals surface area contributed by atoms with Crippen molar-refractivity contribution >= 4 is 17.5 Å². The minimum Gasteiger partial charge on any atom is -0.383 e. The zero-order valence-electron chi connectivity index (χ0n) is 12.6. The molecule has 3 aromatic rings. The average Bonchev–Trinajstić information content (AvgIpc) is 2.97. The molecule has 0 aliphatic carbocycles. The van der Waals surface area contributed by atoms with E-state index in [9.17, 15) is 4.79 Å². The van der Waals surface area contributed by atoms with Crippen LogP contribution in [-0.2, 0) is 4.74 Å². The van der Waals surface area contributed by atoms with Crippen LogP contribution in [0, 0.1) is 0 Å². The number of pyridine rings is 1. The molecule has 2 N–H and O–H groups in total. The van der Waals surface area contributed by atoms with E-state index in [0.717, 1.165) is 16.8 Å². The highest BCUT2D eigenvalue weighted by molar-refractivity contribution is 5.88. The van der Waals surface area contributed by atoms with Crippen LogP contribution in [-0.4, -0.2) is 45.6 Å². The first-order valence-corrected chi connectivity index (χ1v) is 7.04. The van der Waals surface area contributed by atoms with Crippen molar-refractivity contribution in [2.24, 2.45) is 0 Å². The van der Waals surface area contributed by atoms with E-state index in [1.165, 1.54) is 6.33 Å². The van der Waals surface area contributed by atoms with Crippen LogP contribution in [0.2, 0.25) is 0 Å². The third-order valence-electron chi connectivity index (χ3n) is 3.19. The molecule has 3 aromatic heterocycles. The molecule has 118 valence electrons. The van der Waals surface area contributed by atoms with E-state index in [0.29, 0.717) is 19.0 Å². The van der Waals surface area contributed by atoms with Gasteiger partial charge >= 0.3 is 6.03 Å². The van der Waals surface area contributed by atoms with Crippen molar-refractivity contribution in [3.05, 3.63) is 43.2 Å². The number of ether oxygens (including phenoxy) is 1. The minimum absolute atomic E-state index is 0.317. The number of amides is 2. The number of urea groups is 1. The van der Waals surface area contributed by atoms with Gasteiger partial charge in [0.15, 0.2) is 5.82 Å². The Morgan fingerprint density at radius 1 is 1.30 bits per heavy atom. The lowest BCUT2D eigenvalue weighted by Gasteiger charge is -2.03. The van der Waals surface area contributed by atoms with Crippen LogP contribution < -0.4 is 10.6 Å². The molecule has 23 heavy (non-hydrogen) atoms. The predicted molar refractivity (Wildman–Crippen MR) is 85.1 cm³/mol. The molecule has 0 aliphatic rings. The molecule has 0 bridgehead atoms. The van der Waals surface area contributed by atoms with Gasteiger partial charge in [-0.2, -0.15) is 0 Å². The summed E-state index contributed by atoms with van der Waals surface area (Å²) in [4.78, 5) is 24.1. The molecule has 8 nitrogen and oxygen atoms in total. The molecular weight excluding hydrogens is 296 g/mol. The summed E-state index contributed by atoms with van der Waals surface area (Å²) in [6.07, 6.45) is 8.59. The SMILES string of the molecule is COCCNC(=O)Nc1cn2ccc(-c3cncnc3)cc2n1. The molecule has 0 radical (unpaired) electrons. The quantitative estimate of drug-likeness (QED) is 0.697. The maximum atomic E-state index is 11.7. The number of rotatable bonds is 5. The zero-order valence-corrected chi connectivity index (χ0v) is 12.6. The van der Waals surface area contributed by atoms with Crippen molar-refractivity contribution in [2.45, 2.75) is 0 Å². The number of methoxy groups -OCH3 is 1. The molecule has 0 atom stereocenters. The van der Waals surface area contributed by atoms with E-state index >= 15 is 0 Å². The molecule has 0 aliphatic heterocycles. The lowest BCUT2D eigenvalue weighted by molar-refractivity contribution is 0.198. The van der Waals surface area contributed by atoms with Crippen LogP contribution in [0.15, 0.2) is 43.2 Å². The minimum atomic E-state index is -0.317. The number of aromatic nitrogens is 4. The first kappa shape index (κ1) is 14.9. The van der Waals surface area contributed by atoms with Crippen LogP contribution in [0.1, 0.15) is 0 Å². The number of carbonyl (C=O) groups excluding carboxylic acids is 1. The van der Waals surface area contributed by atoms with Gasteiger partial charge < -0.3 is 14.5 Å². The number of anilines is 1.